The lowest BCUT2D eigenvalue weighted by molar-refractivity contribution is -0.137. The standard InChI is InChI=1S/C18H28N4O6/c1-22(11-15(24)25)18(26)16-19-17(28-21-16)13(10-14(23)20-27)9-5-8-12-6-3-2-4-7-12/h12-13,27H,2-11H2,1H3,(H,20,23)(H,24,25)/t13-/m1/s1. The Morgan fingerprint density at radius 2 is 2.00 bits per heavy atom. The van der Waals surface area contributed by atoms with E-state index in [-0.39, 0.29) is 18.1 Å². The van der Waals surface area contributed by atoms with Crippen LogP contribution in [0.2, 0.25) is 0 Å². The topological polar surface area (TPSA) is 146 Å². The third-order valence-corrected chi connectivity index (χ3v) is 5.15. The number of hydroxylamine groups is 1. The lowest BCUT2D eigenvalue weighted by atomic mass is 9.84. The van der Waals surface area contributed by atoms with Crippen molar-refractivity contribution in [1.29, 1.82) is 0 Å². The van der Waals surface area contributed by atoms with Crippen molar-refractivity contribution in [1.82, 2.24) is 20.5 Å². The van der Waals surface area contributed by atoms with Crippen LogP contribution in [0.4, 0.5) is 0 Å². The quantitative estimate of drug-likeness (QED) is 0.402. The van der Waals surface area contributed by atoms with Gasteiger partial charge in [-0.15, -0.1) is 0 Å². The van der Waals surface area contributed by atoms with Crippen molar-refractivity contribution in [3.05, 3.63) is 11.7 Å². The van der Waals surface area contributed by atoms with Crippen LogP contribution in [0.25, 0.3) is 0 Å². The van der Waals surface area contributed by atoms with E-state index in [0.29, 0.717) is 12.3 Å². The van der Waals surface area contributed by atoms with Gasteiger partial charge in [0, 0.05) is 19.4 Å². The summed E-state index contributed by atoms with van der Waals surface area (Å²) in [5, 5.41) is 21.2. The molecule has 2 amide bonds. The highest BCUT2D eigenvalue weighted by Gasteiger charge is 2.26. The van der Waals surface area contributed by atoms with Crippen molar-refractivity contribution < 1.29 is 29.2 Å². The number of aliphatic carboxylic acids is 1. The summed E-state index contributed by atoms with van der Waals surface area (Å²) in [5.41, 5.74) is 1.61. The smallest absolute Gasteiger partial charge is 0.323 e. The van der Waals surface area contributed by atoms with E-state index in [1.165, 1.54) is 39.2 Å². The molecule has 1 aliphatic rings. The Balaban J connectivity index is 1.99. The predicted octanol–water partition coefficient (Wildman–Crippen LogP) is 1.96. The summed E-state index contributed by atoms with van der Waals surface area (Å²) in [4.78, 5) is 39.6. The van der Waals surface area contributed by atoms with Gasteiger partial charge in [0.2, 0.25) is 11.8 Å². The highest BCUT2D eigenvalue weighted by Crippen LogP contribution is 2.31. The number of hydrogen-bond donors (Lipinski definition) is 3. The van der Waals surface area contributed by atoms with Crippen LogP contribution in [0.15, 0.2) is 4.52 Å². The van der Waals surface area contributed by atoms with E-state index < -0.39 is 30.2 Å². The van der Waals surface area contributed by atoms with Crippen LogP contribution in [-0.2, 0) is 9.59 Å². The lowest BCUT2D eigenvalue weighted by Crippen LogP contribution is -2.32. The minimum atomic E-state index is -1.15. The SMILES string of the molecule is CN(CC(=O)O)C(=O)c1noc([C@H](CCCC2CCCCC2)CC(=O)NO)n1. The maximum Gasteiger partial charge on any atom is 0.323 e. The minimum Gasteiger partial charge on any atom is -0.480 e. The normalized spacial score (nSPS) is 15.8. The number of carbonyl (C=O) groups excluding carboxylic acids is 2. The molecule has 1 aliphatic carbocycles. The van der Waals surface area contributed by atoms with Crippen molar-refractivity contribution in [2.45, 2.75) is 63.7 Å². The number of likely N-dealkylation sites (N-methyl/N-ethyl adjacent to an activating group) is 1. The molecular weight excluding hydrogens is 368 g/mol. The van der Waals surface area contributed by atoms with E-state index in [1.807, 2.05) is 0 Å². The number of amides is 2. The summed E-state index contributed by atoms with van der Waals surface area (Å²) in [7, 11) is 1.33. The Kier molecular flexibility index (Phi) is 8.37. The maximum absolute atomic E-state index is 12.2. The molecule has 3 N–H and O–H groups in total. The molecule has 0 aromatic carbocycles. The van der Waals surface area contributed by atoms with Gasteiger partial charge in [-0.3, -0.25) is 19.6 Å². The van der Waals surface area contributed by atoms with Crippen molar-refractivity contribution in [2.75, 3.05) is 13.6 Å². The second-order valence-corrected chi connectivity index (χ2v) is 7.38. The third-order valence-electron chi connectivity index (χ3n) is 5.15. The number of rotatable bonds is 10. The Morgan fingerprint density at radius 3 is 2.64 bits per heavy atom. The fraction of sp³-hybridized carbons (Fsp3) is 0.722. The Labute approximate surface area is 163 Å². The number of carboxylic acid groups (broad SMARTS) is 1. The van der Waals surface area contributed by atoms with Crippen molar-refractivity contribution in [3.8, 4) is 0 Å². The minimum absolute atomic E-state index is 0.0397. The van der Waals surface area contributed by atoms with Gasteiger partial charge in [0.15, 0.2) is 0 Å². The first-order valence-electron chi connectivity index (χ1n) is 9.64. The molecular formula is C18H28N4O6. The van der Waals surface area contributed by atoms with Crippen LogP contribution in [0.3, 0.4) is 0 Å². The van der Waals surface area contributed by atoms with E-state index >= 15 is 0 Å². The number of hydrogen-bond acceptors (Lipinski definition) is 7. The molecule has 1 saturated carbocycles. The van der Waals surface area contributed by atoms with Gasteiger partial charge < -0.3 is 14.5 Å². The van der Waals surface area contributed by atoms with Gasteiger partial charge in [0.05, 0.1) is 0 Å². The number of carboxylic acids is 1. The molecule has 0 unspecified atom stereocenters. The first-order valence-corrected chi connectivity index (χ1v) is 9.64. The second-order valence-electron chi connectivity index (χ2n) is 7.38. The first kappa shape index (κ1) is 21.8. The summed E-state index contributed by atoms with van der Waals surface area (Å²) in [6.45, 7) is -0.486. The molecule has 156 valence electrons. The highest BCUT2D eigenvalue weighted by atomic mass is 16.5. The zero-order valence-corrected chi connectivity index (χ0v) is 16.1. The van der Waals surface area contributed by atoms with Crippen LogP contribution in [0.1, 0.15) is 80.2 Å². The second kappa shape index (κ2) is 10.7. The van der Waals surface area contributed by atoms with Crippen LogP contribution >= 0.6 is 0 Å². The van der Waals surface area contributed by atoms with Crippen molar-refractivity contribution in [2.24, 2.45) is 5.92 Å². The van der Waals surface area contributed by atoms with E-state index in [4.69, 9.17) is 14.8 Å². The van der Waals surface area contributed by atoms with Gasteiger partial charge in [-0.2, -0.15) is 4.98 Å². The summed E-state index contributed by atoms with van der Waals surface area (Å²) < 4.78 is 5.17. The molecule has 1 atom stereocenters. The first-order chi connectivity index (χ1) is 13.4. The van der Waals surface area contributed by atoms with E-state index in [1.54, 1.807) is 5.48 Å². The fourth-order valence-electron chi connectivity index (χ4n) is 3.64. The number of nitrogens with one attached hydrogen (secondary N) is 1. The molecule has 10 heteroatoms. The molecule has 1 aromatic heterocycles. The summed E-state index contributed by atoms with van der Waals surface area (Å²) in [6.07, 6.45) is 8.79. The summed E-state index contributed by atoms with van der Waals surface area (Å²) >= 11 is 0. The van der Waals surface area contributed by atoms with Gasteiger partial charge in [0.25, 0.3) is 11.7 Å². The average Bonchev–Trinajstić information content (AvgIpc) is 3.16. The van der Waals surface area contributed by atoms with Crippen LogP contribution < -0.4 is 5.48 Å². The number of carbonyl (C=O) groups is 3. The number of nitrogens with zero attached hydrogens (tertiary/aromatic N) is 3. The van der Waals surface area contributed by atoms with Crippen LogP contribution in [0, 0.1) is 5.92 Å². The largest absolute Gasteiger partial charge is 0.480 e. The van der Waals surface area contributed by atoms with Gasteiger partial charge in [-0.05, 0) is 12.3 Å². The van der Waals surface area contributed by atoms with Gasteiger partial charge in [-0.25, -0.2) is 5.48 Å². The average molecular weight is 396 g/mol. The third kappa shape index (κ3) is 6.59. The summed E-state index contributed by atoms with van der Waals surface area (Å²) in [5.74, 6) is -2.23. The molecule has 10 nitrogen and oxygen atoms in total. The Hall–Kier alpha value is -2.49. The molecule has 1 aromatic rings. The zero-order chi connectivity index (χ0) is 20.5. The molecule has 0 bridgehead atoms. The number of aromatic nitrogens is 2. The van der Waals surface area contributed by atoms with E-state index in [9.17, 15) is 14.4 Å². The Morgan fingerprint density at radius 1 is 1.29 bits per heavy atom. The van der Waals surface area contributed by atoms with Crippen molar-refractivity contribution >= 4 is 17.8 Å². The Bertz CT molecular complexity index is 671. The van der Waals surface area contributed by atoms with Crippen LogP contribution in [0.5, 0.6) is 0 Å². The molecule has 0 radical (unpaired) electrons. The zero-order valence-electron chi connectivity index (χ0n) is 16.1. The molecule has 0 spiro atoms. The molecule has 1 fully saturated rings. The van der Waals surface area contributed by atoms with E-state index in [2.05, 4.69) is 10.1 Å². The summed E-state index contributed by atoms with van der Waals surface area (Å²) in [6, 6.07) is 0. The van der Waals surface area contributed by atoms with E-state index in [0.717, 1.165) is 17.7 Å². The monoisotopic (exact) mass is 396 g/mol. The molecule has 28 heavy (non-hydrogen) atoms. The highest BCUT2D eigenvalue weighted by molar-refractivity contribution is 5.92. The van der Waals surface area contributed by atoms with Crippen molar-refractivity contribution in [3.63, 3.8) is 0 Å². The molecule has 1 heterocycles. The van der Waals surface area contributed by atoms with Gasteiger partial charge in [0.1, 0.15) is 6.54 Å². The van der Waals surface area contributed by atoms with Gasteiger partial charge in [-0.1, -0.05) is 50.1 Å². The molecule has 2 rings (SSSR count). The predicted molar refractivity (Wildman–Crippen MR) is 96.6 cm³/mol. The lowest BCUT2D eigenvalue weighted by Gasteiger charge is -2.22. The van der Waals surface area contributed by atoms with Gasteiger partial charge >= 0.3 is 5.97 Å². The van der Waals surface area contributed by atoms with Crippen LogP contribution in [-0.4, -0.2) is 56.7 Å². The fourth-order valence-corrected chi connectivity index (χ4v) is 3.64. The molecule has 0 saturated heterocycles. The maximum atomic E-state index is 12.2. The molecule has 0 aliphatic heterocycles.